The molecular weight excluding hydrogens is 789 g/mol. The molecule has 64 heavy (non-hydrogen) atoms. The molecule has 4 aromatic heterocycles. The van der Waals surface area contributed by atoms with E-state index in [0.29, 0.717) is 25.0 Å². The molecule has 310 valence electrons. The number of aromatic nitrogens is 4. The Morgan fingerprint density at radius 1 is 0.375 bits per heavy atom. The molecule has 0 fully saturated rings. The van der Waals surface area contributed by atoms with Crippen molar-refractivity contribution in [3.63, 3.8) is 0 Å². The van der Waals surface area contributed by atoms with Gasteiger partial charge in [0.25, 0.3) is 0 Å². The van der Waals surface area contributed by atoms with Crippen LogP contribution >= 0.6 is 0 Å². The maximum absolute atomic E-state index is 6.00. The smallest absolute Gasteiger partial charge is 0.218 e. The maximum atomic E-state index is 6.00. The highest BCUT2D eigenvalue weighted by atomic mass is 16.5. The third kappa shape index (κ3) is 6.44. The molecule has 8 nitrogen and oxygen atoms in total. The van der Waals surface area contributed by atoms with Gasteiger partial charge >= 0.3 is 0 Å². The molecule has 0 aliphatic carbocycles. The summed E-state index contributed by atoms with van der Waals surface area (Å²) in [4.78, 5) is 18.9. The van der Waals surface area contributed by atoms with Gasteiger partial charge in [0.2, 0.25) is 11.8 Å². The predicted octanol–water partition coefficient (Wildman–Crippen LogP) is 12.8. The third-order valence-electron chi connectivity index (χ3n) is 12.5. The van der Waals surface area contributed by atoms with Gasteiger partial charge in [0, 0.05) is 68.8 Å². The van der Waals surface area contributed by atoms with Crippen LogP contribution in [-0.2, 0) is 9.47 Å². The third-order valence-corrected chi connectivity index (χ3v) is 12.5. The summed E-state index contributed by atoms with van der Waals surface area (Å²) in [5.41, 5.74) is 14.5. The normalized spacial score (nSPS) is 15.4. The number of hydrogen-bond acceptors (Lipinski definition) is 6. The summed E-state index contributed by atoms with van der Waals surface area (Å²) >= 11 is 0. The van der Waals surface area contributed by atoms with E-state index in [-0.39, 0.29) is 11.1 Å². The number of fused-ring (bicyclic) bond motifs is 6. The highest BCUT2D eigenvalue weighted by Gasteiger charge is 2.29. The van der Waals surface area contributed by atoms with Gasteiger partial charge in [-0.3, -0.25) is 9.97 Å². The number of hydrogen-bond donors (Lipinski definition) is 0. The zero-order chi connectivity index (χ0) is 43.2. The first-order valence-corrected chi connectivity index (χ1v) is 21.8. The Morgan fingerprint density at radius 2 is 0.703 bits per heavy atom. The van der Waals surface area contributed by atoms with Gasteiger partial charge in [-0.1, -0.05) is 60.7 Å². The topological polar surface area (TPSA) is 78.8 Å². The molecule has 0 saturated heterocycles. The van der Waals surface area contributed by atoms with Crippen LogP contribution in [0.25, 0.3) is 88.4 Å². The van der Waals surface area contributed by atoms with E-state index in [4.69, 9.17) is 19.5 Å². The lowest BCUT2D eigenvalue weighted by Crippen LogP contribution is -2.17. The van der Waals surface area contributed by atoms with Crippen molar-refractivity contribution in [2.75, 3.05) is 13.2 Å². The van der Waals surface area contributed by atoms with Crippen LogP contribution < -0.4 is 0 Å². The van der Waals surface area contributed by atoms with Crippen molar-refractivity contribution in [3.05, 3.63) is 182 Å². The average Bonchev–Trinajstić information content (AvgIpc) is 4.08. The molecule has 2 aliphatic heterocycles. The molecule has 0 unspecified atom stereocenters. The number of para-hydroxylation sites is 2. The van der Waals surface area contributed by atoms with Crippen molar-refractivity contribution < 1.29 is 9.47 Å². The molecule has 0 bridgehead atoms. The van der Waals surface area contributed by atoms with Gasteiger partial charge in [0.1, 0.15) is 13.2 Å². The summed E-state index contributed by atoms with van der Waals surface area (Å²) in [5, 5.41) is 4.68. The number of ether oxygens (including phenoxy) is 2. The van der Waals surface area contributed by atoms with Gasteiger partial charge in [-0.25, -0.2) is 9.98 Å². The lowest BCUT2D eigenvalue weighted by Gasteiger charge is -2.09. The summed E-state index contributed by atoms with van der Waals surface area (Å²) in [6, 6.07) is 52.7. The van der Waals surface area contributed by atoms with Crippen molar-refractivity contribution in [1.29, 1.82) is 0 Å². The Hall–Kier alpha value is -7.84. The zero-order valence-corrected chi connectivity index (χ0v) is 36.1. The molecule has 8 heteroatoms. The van der Waals surface area contributed by atoms with E-state index in [2.05, 4.69) is 192 Å². The summed E-state index contributed by atoms with van der Waals surface area (Å²) in [6.45, 7) is 9.45. The van der Waals surface area contributed by atoms with Crippen LogP contribution in [0.1, 0.15) is 38.8 Å². The van der Waals surface area contributed by atoms with Crippen molar-refractivity contribution in [3.8, 4) is 44.8 Å². The molecule has 10 aromatic rings. The summed E-state index contributed by atoms with van der Waals surface area (Å²) in [6.07, 6.45) is 7.52. The minimum absolute atomic E-state index is 0.253. The first-order valence-electron chi connectivity index (χ1n) is 21.8. The van der Waals surface area contributed by atoms with Crippen LogP contribution in [0.5, 0.6) is 0 Å². The van der Waals surface area contributed by atoms with Gasteiger partial charge < -0.3 is 18.6 Å². The van der Waals surface area contributed by atoms with Crippen molar-refractivity contribution in [1.82, 2.24) is 19.1 Å². The van der Waals surface area contributed by atoms with Crippen LogP contribution in [0, 0.1) is 0 Å². The average molecular weight is 833 g/mol. The fourth-order valence-corrected chi connectivity index (χ4v) is 9.37. The second kappa shape index (κ2) is 14.4. The van der Waals surface area contributed by atoms with Crippen LogP contribution in [0.15, 0.2) is 180 Å². The summed E-state index contributed by atoms with van der Waals surface area (Å²) < 4.78 is 16.7. The van der Waals surface area contributed by atoms with Crippen LogP contribution in [0.4, 0.5) is 0 Å². The zero-order valence-electron chi connectivity index (χ0n) is 36.1. The van der Waals surface area contributed by atoms with Crippen molar-refractivity contribution >= 4 is 55.4 Å². The van der Waals surface area contributed by atoms with Crippen molar-refractivity contribution in [2.45, 2.75) is 38.8 Å². The summed E-state index contributed by atoms with van der Waals surface area (Å²) in [7, 11) is 0. The second-order valence-corrected chi connectivity index (χ2v) is 18.2. The van der Waals surface area contributed by atoms with E-state index < -0.39 is 0 Å². The number of nitrogens with zero attached hydrogens (tertiary/aromatic N) is 6. The SMILES string of the molecule is CC1(C)COC(c2cncc(-c3ccc4c(c3)c3cc(-c5ccc6c(c5)c5cc(-c7cncc(C8=NC(C)(C)CO8)c7)ccc5n6-c5ccccc5)ccc3n4-c3ccccc3)c2)=N1. The number of aliphatic imine (C=N–C) groups is 2. The monoisotopic (exact) mass is 832 g/mol. The number of benzene rings is 6. The Bertz CT molecular complexity index is 3320. The van der Waals surface area contributed by atoms with E-state index in [9.17, 15) is 0 Å². The first-order chi connectivity index (χ1) is 31.1. The van der Waals surface area contributed by atoms with Crippen LogP contribution in [0.3, 0.4) is 0 Å². The minimum Gasteiger partial charge on any atom is -0.475 e. The highest BCUT2D eigenvalue weighted by molar-refractivity contribution is 6.14. The van der Waals surface area contributed by atoms with E-state index >= 15 is 0 Å². The molecule has 0 saturated carbocycles. The Morgan fingerprint density at radius 3 is 1.03 bits per heavy atom. The Kier molecular flexibility index (Phi) is 8.50. The fraction of sp³-hybridized carbons (Fsp3) is 0.143. The van der Waals surface area contributed by atoms with Gasteiger partial charge in [-0.05, 0) is 135 Å². The molecule has 0 radical (unpaired) electrons. The molecule has 0 N–H and O–H groups in total. The molecule has 0 amide bonds. The predicted molar refractivity (Wildman–Crippen MR) is 260 cm³/mol. The quantitative estimate of drug-likeness (QED) is 0.160. The standard InChI is InChI=1S/C56H44N6O2/c1-55(2)33-63-53(59-55)41-23-39(29-57-31-41)37-17-21-51-47(27-37)45-25-35(15-19-49(45)61(51)43-11-7-5-8-12-43)36-16-20-50-46(26-36)48-28-38(18-22-52(48)62(50)44-13-9-6-10-14-44)40-24-42(32-58-30-40)54-60-56(3,4)34-64-54/h5-32H,33-34H2,1-4H3. The second-order valence-electron chi connectivity index (χ2n) is 18.2. The van der Waals surface area contributed by atoms with Gasteiger partial charge in [-0.2, -0.15) is 0 Å². The maximum Gasteiger partial charge on any atom is 0.218 e. The Balaban J connectivity index is 1.02. The molecule has 6 aromatic carbocycles. The van der Waals surface area contributed by atoms with Gasteiger partial charge in [0.05, 0.1) is 44.3 Å². The molecular formula is C56H44N6O2. The molecule has 6 heterocycles. The minimum atomic E-state index is -0.253. The van der Waals surface area contributed by atoms with E-state index in [1.807, 2.05) is 24.8 Å². The van der Waals surface area contributed by atoms with E-state index in [1.165, 1.54) is 21.5 Å². The Labute approximate surface area is 370 Å². The first kappa shape index (κ1) is 37.9. The molecule has 0 spiro atoms. The fourth-order valence-electron chi connectivity index (χ4n) is 9.37. The lowest BCUT2D eigenvalue weighted by atomic mass is 9.98. The lowest BCUT2D eigenvalue weighted by molar-refractivity contribution is 0.279. The van der Waals surface area contributed by atoms with Gasteiger partial charge in [-0.15, -0.1) is 0 Å². The van der Waals surface area contributed by atoms with Crippen LogP contribution in [-0.4, -0.2) is 55.2 Å². The molecule has 12 rings (SSSR count). The van der Waals surface area contributed by atoms with E-state index in [1.54, 1.807) is 0 Å². The van der Waals surface area contributed by atoms with Crippen molar-refractivity contribution in [2.24, 2.45) is 9.98 Å². The number of rotatable bonds is 7. The highest BCUT2D eigenvalue weighted by Crippen LogP contribution is 2.41. The largest absolute Gasteiger partial charge is 0.475 e. The van der Waals surface area contributed by atoms with Gasteiger partial charge in [0.15, 0.2) is 0 Å². The van der Waals surface area contributed by atoms with E-state index in [0.717, 1.165) is 77.9 Å². The van der Waals surface area contributed by atoms with Crippen LogP contribution in [0.2, 0.25) is 0 Å². The molecule has 2 aliphatic rings. The summed E-state index contributed by atoms with van der Waals surface area (Å²) in [5.74, 6) is 1.29. The molecule has 0 atom stereocenters. The number of pyridine rings is 2.